The summed E-state index contributed by atoms with van der Waals surface area (Å²) in [5.74, 6) is -0.341. The molecule has 0 fully saturated rings. The third-order valence-electron chi connectivity index (χ3n) is 3.78. The number of aromatic nitrogens is 1. The summed E-state index contributed by atoms with van der Waals surface area (Å²) in [4.78, 5) is 17.4. The monoisotopic (exact) mass is 408 g/mol. The Kier molecular flexibility index (Phi) is 4.45. The number of hydrogen-bond donors (Lipinski definition) is 0. The van der Waals surface area contributed by atoms with Crippen LogP contribution in [0.3, 0.4) is 0 Å². The summed E-state index contributed by atoms with van der Waals surface area (Å²) in [7, 11) is 1.92. The smallest absolute Gasteiger partial charge is 0.281 e. The lowest BCUT2D eigenvalue weighted by Crippen LogP contribution is -2.13. The maximum Gasteiger partial charge on any atom is 0.281 e. The number of rotatable bonds is 1. The molecule has 6 heteroatoms. The maximum atomic E-state index is 12.5. The van der Waals surface area contributed by atoms with Crippen LogP contribution < -0.4 is 4.80 Å². The van der Waals surface area contributed by atoms with E-state index >= 15 is 0 Å². The summed E-state index contributed by atoms with van der Waals surface area (Å²) < 4.78 is 3.85. The van der Waals surface area contributed by atoms with Crippen LogP contribution in [0.25, 0.3) is 10.2 Å². The molecule has 0 saturated heterocycles. The minimum absolute atomic E-state index is 0.341. The van der Waals surface area contributed by atoms with E-state index in [1.807, 2.05) is 11.6 Å². The summed E-state index contributed by atoms with van der Waals surface area (Å²) in [6.07, 6.45) is 0. The summed E-state index contributed by atoms with van der Waals surface area (Å²) in [5.41, 5.74) is 3.92. The first-order valence-electron chi connectivity index (χ1n) is 6.97. The molecular formula is C17H14BrClN2OS. The summed E-state index contributed by atoms with van der Waals surface area (Å²) in [5, 5.41) is 0.400. The number of aryl methyl sites for hydroxylation is 3. The van der Waals surface area contributed by atoms with Crippen LogP contribution in [0.2, 0.25) is 5.02 Å². The molecule has 0 unspecified atom stereocenters. The average molecular weight is 410 g/mol. The Bertz CT molecular complexity index is 1000. The lowest BCUT2D eigenvalue weighted by atomic mass is 10.1. The molecule has 3 nitrogen and oxygen atoms in total. The van der Waals surface area contributed by atoms with Crippen LogP contribution in [0.1, 0.15) is 21.5 Å². The third-order valence-corrected chi connectivity index (χ3v) is 5.70. The van der Waals surface area contributed by atoms with E-state index in [1.54, 1.807) is 18.2 Å². The highest BCUT2D eigenvalue weighted by atomic mass is 79.9. The lowest BCUT2D eigenvalue weighted by molar-refractivity contribution is 0.0998. The zero-order valence-electron chi connectivity index (χ0n) is 12.9. The fourth-order valence-corrected chi connectivity index (χ4v) is 3.95. The second-order valence-electron chi connectivity index (χ2n) is 5.39. The quantitative estimate of drug-likeness (QED) is 0.556. The molecule has 118 valence electrons. The maximum absolute atomic E-state index is 12.5. The average Bonchev–Trinajstić information content (AvgIpc) is 2.78. The normalized spacial score (nSPS) is 12.1. The van der Waals surface area contributed by atoms with Crippen LogP contribution in [0, 0.1) is 13.8 Å². The van der Waals surface area contributed by atoms with Crippen LogP contribution in [-0.4, -0.2) is 10.5 Å². The van der Waals surface area contributed by atoms with Gasteiger partial charge in [-0.2, -0.15) is 4.99 Å². The number of carbonyl (C=O) groups is 1. The zero-order valence-corrected chi connectivity index (χ0v) is 16.0. The minimum Gasteiger partial charge on any atom is -0.319 e. The standard InChI is InChI=1S/C17H14BrClN2OS/c1-9-6-14-15(7-10(9)2)23-17(21(14)3)20-16(22)12-8-11(18)4-5-13(12)19/h4-8H,1-3H3. The van der Waals surface area contributed by atoms with Gasteiger partial charge in [0.25, 0.3) is 5.91 Å². The topological polar surface area (TPSA) is 34.4 Å². The Hall–Kier alpha value is -1.43. The predicted molar refractivity (Wildman–Crippen MR) is 99.3 cm³/mol. The first-order valence-corrected chi connectivity index (χ1v) is 8.96. The summed E-state index contributed by atoms with van der Waals surface area (Å²) in [6.45, 7) is 4.16. The highest BCUT2D eigenvalue weighted by molar-refractivity contribution is 9.10. The Morgan fingerprint density at radius 3 is 2.65 bits per heavy atom. The number of fused-ring (bicyclic) bond motifs is 1. The van der Waals surface area contributed by atoms with Crippen LogP contribution >= 0.6 is 38.9 Å². The number of nitrogens with zero attached hydrogens (tertiary/aromatic N) is 2. The van der Waals surface area contributed by atoms with Gasteiger partial charge >= 0.3 is 0 Å². The van der Waals surface area contributed by atoms with E-state index in [9.17, 15) is 4.79 Å². The van der Waals surface area contributed by atoms with Crippen LogP contribution in [0.5, 0.6) is 0 Å². The minimum atomic E-state index is -0.341. The van der Waals surface area contributed by atoms with Gasteiger partial charge in [-0.05, 0) is 55.3 Å². The van der Waals surface area contributed by atoms with Crippen molar-refractivity contribution in [2.45, 2.75) is 13.8 Å². The largest absolute Gasteiger partial charge is 0.319 e. The molecule has 23 heavy (non-hydrogen) atoms. The van der Waals surface area contributed by atoms with Crippen molar-refractivity contribution in [3.05, 3.63) is 61.3 Å². The van der Waals surface area contributed by atoms with Gasteiger partial charge in [-0.3, -0.25) is 4.79 Å². The molecular weight excluding hydrogens is 396 g/mol. The fraction of sp³-hybridized carbons (Fsp3) is 0.176. The van der Waals surface area contributed by atoms with Gasteiger partial charge in [-0.1, -0.05) is 38.9 Å². The van der Waals surface area contributed by atoms with Crippen molar-refractivity contribution in [3.8, 4) is 0 Å². The van der Waals surface area contributed by atoms with E-state index < -0.39 is 0 Å². The molecule has 0 aliphatic rings. The Labute approximate surface area is 151 Å². The van der Waals surface area contributed by atoms with Crippen LogP contribution in [0.15, 0.2) is 39.8 Å². The second-order valence-corrected chi connectivity index (χ2v) is 7.72. The molecule has 1 heterocycles. The van der Waals surface area contributed by atoms with Crippen molar-refractivity contribution in [2.24, 2.45) is 12.0 Å². The van der Waals surface area contributed by atoms with Crippen molar-refractivity contribution < 1.29 is 4.79 Å². The number of amides is 1. The molecule has 0 aliphatic heterocycles. The molecule has 3 rings (SSSR count). The van der Waals surface area contributed by atoms with E-state index in [-0.39, 0.29) is 5.91 Å². The van der Waals surface area contributed by atoms with E-state index in [1.165, 1.54) is 22.5 Å². The number of halogens is 2. The van der Waals surface area contributed by atoms with Gasteiger partial charge in [0.1, 0.15) is 0 Å². The molecule has 1 aromatic heterocycles. The zero-order chi connectivity index (χ0) is 16.7. The molecule has 0 saturated carbocycles. The summed E-state index contributed by atoms with van der Waals surface area (Å²) >= 11 is 11.0. The Morgan fingerprint density at radius 2 is 1.91 bits per heavy atom. The van der Waals surface area contributed by atoms with Gasteiger partial charge < -0.3 is 4.57 Å². The van der Waals surface area contributed by atoms with Gasteiger partial charge in [0.2, 0.25) is 0 Å². The molecule has 0 atom stereocenters. The van der Waals surface area contributed by atoms with Gasteiger partial charge in [0.05, 0.1) is 20.8 Å². The van der Waals surface area contributed by atoms with Crippen molar-refractivity contribution in [3.63, 3.8) is 0 Å². The van der Waals surface area contributed by atoms with Crippen LogP contribution in [-0.2, 0) is 7.05 Å². The van der Waals surface area contributed by atoms with E-state index in [4.69, 9.17) is 11.6 Å². The van der Waals surface area contributed by atoms with Gasteiger partial charge in [-0.25, -0.2) is 0 Å². The molecule has 1 amide bonds. The number of benzene rings is 2. The first kappa shape index (κ1) is 16.4. The van der Waals surface area contributed by atoms with Gasteiger partial charge in [0, 0.05) is 11.5 Å². The Morgan fingerprint density at radius 1 is 1.22 bits per heavy atom. The first-order chi connectivity index (χ1) is 10.9. The lowest BCUT2D eigenvalue weighted by Gasteiger charge is -2.01. The SMILES string of the molecule is Cc1cc2sc(=NC(=O)c3cc(Br)ccc3Cl)n(C)c2cc1C. The summed E-state index contributed by atoms with van der Waals surface area (Å²) in [6, 6.07) is 9.42. The molecule has 2 aromatic carbocycles. The van der Waals surface area contributed by atoms with Crippen molar-refractivity contribution in [1.29, 1.82) is 0 Å². The van der Waals surface area contributed by atoms with Crippen molar-refractivity contribution >= 4 is 55.0 Å². The van der Waals surface area contributed by atoms with E-state index in [2.05, 4.69) is 46.9 Å². The molecule has 3 aromatic rings. The molecule has 0 radical (unpaired) electrons. The molecule has 0 bridgehead atoms. The third kappa shape index (κ3) is 3.13. The van der Waals surface area contributed by atoms with E-state index in [0.717, 1.165) is 14.7 Å². The fourth-order valence-electron chi connectivity index (χ4n) is 2.29. The number of thiazole rings is 1. The predicted octanol–water partition coefficient (Wildman–Crippen LogP) is 5.01. The molecule has 0 spiro atoms. The number of hydrogen-bond acceptors (Lipinski definition) is 2. The van der Waals surface area contributed by atoms with Gasteiger partial charge in [0.15, 0.2) is 4.80 Å². The van der Waals surface area contributed by atoms with Crippen LogP contribution in [0.4, 0.5) is 0 Å². The highest BCUT2D eigenvalue weighted by Gasteiger charge is 2.12. The van der Waals surface area contributed by atoms with E-state index in [0.29, 0.717) is 15.4 Å². The van der Waals surface area contributed by atoms with Crippen molar-refractivity contribution in [1.82, 2.24) is 4.57 Å². The van der Waals surface area contributed by atoms with Crippen molar-refractivity contribution in [2.75, 3.05) is 0 Å². The molecule has 0 N–H and O–H groups in total. The highest BCUT2D eigenvalue weighted by Crippen LogP contribution is 2.23. The van der Waals surface area contributed by atoms with Gasteiger partial charge in [-0.15, -0.1) is 0 Å². The second kappa shape index (κ2) is 6.23. The molecule has 0 aliphatic carbocycles. The Balaban J connectivity index is 2.16. The number of carbonyl (C=O) groups excluding carboxylic acids is 1.